The molecule has 2 aliphatic rings. The number of amides is 2. The summed E-state index contributed by atoms with van der Waals surface area (Å²) in [6, 6.07) is 0. The third kappa shape index (κ3) is 3.65. The van der Waals surface area contributed by atoms with E-state index in [0.29, 0.717) is 5.06 Å². The van der Waals surface area contributed by atoms with Crippen molar-refractivity contribution in [3.8, 4) is 0 Å². The minimum absolute atomic E-state index is 0.0677. The van der Waals surface area contributed by atoms with Crippen LogP contribution in [0.5, 0.6) is 0 Å². The van der Waals surface area contributed by atoms with Crippen LogP contribution in [0.1, 0.15) is 47.0 Å². The first-order valence-electron chi connectivity index (χ1n) is 6.23. The molecule has 0 saturated carbocycles. The van der Waals surface area contributed by atoms with E-state index in [1.165, 1.54) is 18.6 Å². The molecule has 1 fully saturated rings. The second kappa shape index (κ2) is 5.20. The molecule has 0 radical (unpaired) electrons. The summed E-state index contributed by atoms with van der Waals surface area (Å²) in [5.41, 5.74) is -0.135. The molecule has 2 heterocycles. The Hall–Kier alpha value is -1.20. The van der Waals surface area contributed by atoms with Gasteiger partial charge in [-0.05, 0) is 34.1 Å². The molecule has 0 aliphatic carbocycles. The normalized spacial score (nSPS) is 25.4. The Kier molecular flexibility index (Phi) is 4.29. The fourth-order valence-electron chi connectivity index (χ4n) is 2.47. The zero-order valence-corrected chi connectivity index (χ0v) is 11.5. The lowest BCUT2D eigenvalue weighted by Crippen LogP contribution is -3.22. The standard InChI is InChI=1S/C9H19NO.C4H3NO2/c1-8(2)6-5-7-9(3,4)10(8)11;6-3-1-2-4(7)5-3/h10H,5-7H2,1-4H3;1-2H,(H,5,6,7). The van der Waals surface area contributed by atoms with Crippen molar-refractivity contribution in [1.82, 2.24) is 5.32 Å². The van der Waals surface area contributed by atoms with E-state index in [4.69, 9.17) is 0 Å². The molecule has 5 nitrogen and oxygen atoms in total. The van der Waals surface area contributed by atoms with E-state index in [-0.39, 0.29) is 22.9 Å². The SMILES string of the molecule is CC1(C)CCCC(C)(C)[NH+]1[O-].O=C1C=CC(=O)N1. The number of piperidine rings is 1. The first kappa shape index (κ1) is 14.9. The third-order valence-corrected chi connectivity index (χ3v) is 3.47. The Morgan fingerprint density at radius 1 is 1.06 bits per heavy atom. The van der Waals surface area contributed by atoms with E-state index in [1.54, 1.807) is 0 Å². The van der Waals surface area contributed by atoms with Gasteiger partial charge in [-0.15, -0.1) is 0 Å². The van der Waals surface area contributed by atoms with E-state index in [0.717, 1.165) is 12.8 Å². The summed E-state index contributed by atoms with van der Waals surface area (Å²) in [5.74, 6) is -0.657. The maximum Gasteiger partial charge on any atom is 0.250 e. The number of carbonyl (C=O) groups is 2. The van der Waals surface area contributed by atoms with Gasteiger partial charge in [0, 0.05) is 25.0 Å². The average molecular weight is 254 g/mol. The zero-order chi connectivity index (χ0) is 14.0. The van der Waals surface area contributed by atoms with Crippen molar-refractivity contribution >= 4 is 11.8 Å². The summed E-state index contributed by atoms with van der Waals surface area (Å²) < 4.78 is 0. The summed E-state index contributed by atoms with van der Waals surface area (Å²) in [7, 11) is 0. The summed E-state index contributed by atoms with van der Waals surface area (Å²) in [5, 5.41) is 14.2. The van der Waals surface area contributed by atoms with Gasteiger partial charge >= 0.3 is 0 Å². The molecule has 2 amide bonds. The number of hydroxylamine groups is 2. The van der Waals surface area contributed by atoms with Crippen molar-refractivity contribution in [2.24, 2.45) is 0 Å². The van der Waals surface area contributed by atoms with Crippen molar-refractivity contribution in [2.45, 2.75) is 58.0 Å². The van der Waals surface area contributed by atoms with Crippen LogP contribution in [-0.4, -0.2) is 22.9 Å². The van der Waals surface area contributed by atoms with Crippen LogP contribution < -0.4 is 10.4 Å². The topological polar surface area (TPSA) is 73.7 Å². The first-order chi connectivity index (χ1) is 8.15. The monoisotopic (exact) mass is 254 g/mol. The molecule has 5 heteroatoms. The van der Waals surface area contributed by atoms with E-state index in [2.05, 4.69) is 27.7 Å². The molecule has 18 heavy (non-hydrogen) atoms. The van der Waals surface area contributed by atoms with Gasteiger partial charge in [0.1, 0.15) is 0 Å². The summed E-state index contributed by atoms with van der Waals surface area (Å²) in [4.78, 5) is 20.1. The van der Waals surface area contributed by atoms with Gasteiger partial charge < -0.3 is 10.3 Å². The molecular weight excluding hydrogens is 232 g/mol. The number of carbonyl (C=O) groups excluding carboxylic acids is 2. The highest BCUT2D eigenvalue weighted by Gasteiger charge is 2.40. The van der Waals surface area contributed by atoms with Gasteiger partial charge in [-0.1, -0.05) is 0 Å². The minimum Gasteiger partial charge on any atom is -0.634 e. The van der Waals surface area contributed by atoms with Crippen LogP contribution in [0.4, 0.5) is 0 Å². The molecule has 2 aliphatic heterocycles. The molecular formula is C13H22N2O3. The van der Waals surface area contributed by atoms with Crippen LogP contribution in [0.25, 0.3) is 0 Å². The number of hydrogen-bond donors (Lipinski definition) is 2. The van der Waals surface area contributed by atoms with Gasteiger partial charge in [0.25, 0.3) is 11.8 Å². The Morgan fingerprint density at radius 2 is 1.44 bits per heavy atom. The molecule has 0 spiro atoms. The number of hydrogen-bond acceptors (Lipinski definition) is 3. The molecule has 0 bridgehead atoms. The second-order valence-corrected chi connectivity index (χ2v) is 6.14. The van der Waals surface area contributed by atoms with Crippen LogP contribution in [0.15, 0.2) is 12.2 Å². The predicted octanol–water partition coefficient (Wildman–Crippen LogP) is 0.309. The molecule has 102 valence electrons. The quantitative estimate of drug-likeness (QED) is 0.482. The van der Waals surface area contributed by atoms with Gasteiger partial charge in [-0.2, -0.15) is 0 Å². The highest BCUT2D eigenvalue weighted by Crippen LogP contribution is 2.22. The molecule has 1 saturated heterocycles. The zero-order valence-electron chi connectivity index (χ0n) is 11.5. The Balaban J connectivity index is 0.000000199. The lowest BCUT2D eigenvalue weighted by molar-refractivity contribution is -0.955. The third-order valence-electron chi connectivity index (χ3n) is 3.47. The van der Waals surface area contributed by atoms with Crippen molar-refractivity contribution in [3.63, 3.8) is 0 Å². The van der Waals surface area contributed by atoms with Crippen molar-refractivity contribution < 1.29 is 14.7 Å². The smallest absolute Gasteiger partial charge is 0.250 e. The van der Waals surface area contributed by atoms with Gasteiger partial charge in [0.2, 0.25) is 0 Å². The number of quaternary nitrogens is 1. The van der Waals surface area contributed by atoms with Crippen molar-refractivity contribution in [3.05, 3.63) is 17.4 Å². The lowest BCUT2D eigenvalue weighted by atomic mass is 9.82. The van der Waals surface area contributed by atoms with E-state index >= 15 is 0 Å². The Bertz CT molecular complexity index is 340. The van der Waals surface area contributed by atoms with Crippen molar-refractivity contribution in [1.29, 1.82) is 0 Å². The van der Waals surface area contributed by atoms with Gasteiger partial charge in [-0.3, -0.25) is 14.9 Å². The van der Waals surface area contributed by atoms with Gasteiger partial charge in [-0.25, -0.2) is 0 Å². The fourth-order valence-corrected chi connectivity index (χ4v) is 2.47. The molecule has 0 aromatic carbocycles. The molecule has 2 N–H and O–H groups in total. The van der Waals surface area contributed by atoms with Crippen LogP contribution in [0, 0.1) is 5.21 Å². The van der Waals surface area contributed by atoms with Gasteiger partial charge in [0.15, 0.2) is 0 Å². The van der Waals surface area contributed by atoms with E-state index in [9.17, 15) is 14.8 Å². The molecule has 0 aromatic heterocycles. The summed E-state index contributed by atoms with van der Waals surface area (Å²) in [6.45, 7) is 8.26. The molecule has 0 aromatic rings. The van der Waals surface area contributed by atoms with Gasteiger partial charge in [0.05, 0.1) is 11.1 Å². The van der Waals surface area contributed by atoms with Crippen LogP contribution in [-0.2, 0) is 9.59 Å². The van der Waals surface area contributed by atoms with E-state index in [1.807, 2.05) is 5.32 Å². The van der Waals surface area contributed by atoms with Crippen molar-refractivity contribution in [2.75, 3.05) is 0 Å². The molecule has 0 unspecified atom stereocenters. The highest BCUT2D eigenvalue weighted by molar-refractivity contribution is 6.12. The average Bonchev–Trinajstić information content (AvgIpc) is 2.60. The predicted molar refractivity (Wildman–Crippen MR) is 68.6 cm³/mol. The largest absolute Gasteiger partial charge is 0.634 e. The molecule has 2 rings (SSSR count). The first-order valence-corrected chi connectivity index (χ1v) is 6.23. The lowest BCUT2D eigenvalue weighted by Gasteiger charge is -2.52. The Labute approximate surface area is 108 Å². The second-order valence-electron chi connectivity index (χ2n) is 6.14. The number of nitrogens with one attached hydrogen (secondary N) is 2. The minimum atomic E-state index is -0.329. The Morgan fingerprint density at radius 3 is 1.67 bits per heavy atom. The maximum absolute atomic E-state index is 11.8. The maximum atomic E-state index is 11.8. The number of rotatable bonds is 0. The highest BCUT2D eigenvalue weighted by atomic mass is 16.5. The van der Waals surface area contributed by atoms with Crippen LogP contribution in [0.3, 0.4) is 0 Å². The molecule has 0 atom stereocenters. The van der Waals surface area contributed by atoms with Crippen LogP contribution in [0.2, 0.25) is 0 Å². The fraction of sp³-hybridized carbons (Fsp3) is 0.692. The van der Waals surface area contributed by atoms with Crippen LogP contribution >= 0.6 is 0 Å². The van der Waals surface area contributed by atoms with E-state index < -0.39 is 0 Å². The number of imide groups is 1. The summed E-state index contributed by atoms with van der Waals surface area (Å²) in [6.07, 6.45) is 5.72. The summed E-state index contributed by atoms with van der Waals surface area (Å²) >= 11 is 0.